The molecule has 14 heteroatoms. The summed E-state index contributed by atoms with van der Waals surface area (Å²) in [5.41, 5.74) is 6.34. The molecule has 4 aliphatic rings. The first kappa shape index (κ1) is 38.6. The van der Waals surface area contributed by atoms with Gasteiger partial charge in [0, 0.05) is 93.4 Å². The first-order valence-electron chi connectivity index (χ1n) is 20.0. The number of aryl methyl sites for hydroxylation is 1. The maximum absolute atomic E-state index is 14.0. The molecule has 8 rings (SSSR count). The third-order valence-electron chi connectivity index (χ3n) is 12.1. The summed E-state index contributed by atoms with van der Waals surface area (Å²) in [6.07, 6.45) is 8.64. The van der Waals surface area contributed by atoms with Crippen LogP contribution in [-0.4, -0.2) is 91.9 Å². The molecule has 0 spiro atoms. The second-order valence-corrected chi connectivity index (χ2v) is 16.8. The molecule has 300 valence electrons. The number of amides is 2. The van der Waals surface area contributed by atoms with Crippen molar-refractivity contribution in [2.75, 3.05) is 53.2 Å². The maximum atomic E-state index is 14.0. The molecule has 0 unspecified atom stereocenters. The minimum Gasteiger partial charge on any atom is -0.392 e. The number of nitrogens with one attached hydrogen (secondary N) is 2. The number of ether oxygens (including phenoxy) is 1. The molecule has 2 saturated heterocycles. The van der Waals surface area contributed by atoms with Crippen LogP contribution in [0.15, 0.2) is 60.2 Å². The number of benzene rings is 1. The van der Waals surface area contributed by atoms with Gasteiger partial charge in [-0.1, -0.05) is 20.4 Å². The van der Waals surface area contributed by atoms with Gasteiger partial charge >= 0.3 is 0 Å². The Balaban J connectivity index is 1.06. The van der Waals surface area contributed by atoms with Crippen molar-refractivity contribution in [3.05, 3.63) is 88.2 Å². The van der Waals surface area contributed by atoms with E-state index in [2.05, 4.69) is 64.3 Å². The van der Waals surface area contributed by atoms with Gasteiger partial charge < -0.3 is 34.5 Å². The second-order valence-electron chi connectivity index (χ2n) is 16.8. The molecular formula is C43H53N9O5. The molecular weight excluding hydrogens is 723 g/mol. The van der Waals surface area contributed by atoms with Crippen LogP contribution >= 0.6 is 0 Å². The van der Waals surface area contributed by atoms with Gasteiger partial charge in [-0.25, -0.2) is 9.97 Å². The summed E-state index contributed by atoms with van der Waals surface area (Å²) in [5, 5.41) is 17.0. The van der Waals surface area contributed by atoms with E-state index in [0.29, 0.717) is 58.8 Å². The summed E-state index contributed by atoms with van der Waals surface area (Å²) in [6, 6.07) is 10.1. The molecule has 57 heavy (non-hydrogen) atoms. The molecule has 0 bridgehead atoms. The van der Waals surface area contributed by atoms with Crippen LogP contribution in [0.4, 0.5) is 28.7 Å². The van der Waals surface area contributed by atoms with Crippen molar-refractivity contribution in [2.45, 2.75) is 84.7 Å². The van der Waals surface area contributed by atoms with E-state index in [0.717, 1.165) is 57.6 Å². The fraction of sp³-hybridized carbons (Fsp3) is 0.465. The zero-order chi connectivity index (χ0) is 40.2. The summed E-state index contributed by atoms with van der Waals surface area (Å²) in [7, 11) is 1.64. The Morgan fingerprint density at radius 3 is 2.68 bits per heavy atom. The van der Waals surface area contributed by atoms with E-state index in [1.54, 1.807) is 30.4 Å². The summed E-state index contributed by atoms with van der Waals surface area (Å²) < 4.78 is 9.38. The van der Waals surface area contributed by atoms with Crippen LogP contribution in [-0.2, 0) is 42.6 Å². The number of aliphatic hydroxyl groups is 1. The average molecular weight is 776 g/mol. The van der Waals surface area contributed by atoms with Gasteiger partial charge in [0.05, 0.1) is 29.8 Å². The predicted molar refractivity (Wildman–Crippen MR) is 221 cm³/mol. The Bertz CT molecular complexity index is 2300. The molecule has 1 aromatic carbocycles. The van der Waals surface area contributed by atoms with Gasteiger partial charge in [0.2, 0.25) is 5.91 Å². The molecule has 14 nitrogen and oxygen atoms in total. The van der Waals surface area contributed by atoms with Crippen LogP contribution in [0.5, 0.6) is 0 Å². The van der Waals surface area contributed by atoms with Crippen LogP contribution in [0, 0.1) is 5.41 Å². The van der Waals surface area contributed by atoms with E-state index in [4.69, 9.17) is 9.72 Å². The van der Waals surface area contributed by atoms with Crippen molar-refractivity contribution < 1.29 is 19.4 Å². The SMILES string of the molecule is C=CC(=O)Nc1cc(Nc2nc(-c3ccnc(N4CCn5c(cc6c5CC(C)(C)C6)C4=O)c3CO)cn(C)c2=O)ccc1N1CCN([C@H]2CCO[C@@H](C)C2)C[C@@H]1C. The Morgan fingerprint density at radius 2 is 1.93 bits per heavy atom. The van der Waals surface area contributed by atoms with Crippen molar-refractivity contribution in [3.63, 3.8) is 0 Å². The summed E-state index contributed by atoms with van der Waals surface area (Å²) in [5.74, 6) is -0.0707. The lowest BCUT2D eigenvalue weighted by Gasteiger charge is -2.46. The lowest BCUT2D eigenvalue weighted by atomic mass is 9.90. The van der Waals surface area contributed by atoms with Crippen molar-refractivity contribution in [1.82, 2.24) is 24.0 Å². The van der Waals surface area contributed by atoms with Gasteiger partial charge in [-0.3, -0.25) is 24.2 Å². The highest BCUT2D eigenvalue weighted by Gasteiger charge is 2.38. The molecule has 3 atom stereocenters. The van der Waals surface area contributed by atoms with Gasteiger partial charge in [0.25, 0.3) is 11.5 Å². The molecule has 1 aliphatic carbocycles. The number of hydrogen-bond donors (Lipinski definition) is 3. The zero-order valence-corrected chi connectivity index (χ0v) is 33.5. The van der Waals surface area contributed by atoms with Gasteiger partial charge in [0.1, 0.15) is 11.5 Å². The lowest BCUT2D eigenvalue weighted by Crippen LogP contribution is -2.56. The largest absolute Gasteiger partial charge is 0.392 e. The number of carbonyl (C=O) groups is 2. The number of carbonyl (C=O) groups excluding carboxylic acids is 2. The summed E-state index contributed by atoms with van der Waals surface area (Å²) in [6.45, 7) is 16.5. The topological polar surface area (TPSA) is 150 Å². The van der Waals surface area contributed by atoms with Gasteiger partial charge in [0.15, 0.2) is 5.82 Å². The standard InChI is InChI=1S/C43H53N9O5/c1-7-38(54)46-33-20-29(8-9-35(33)50-14-13-49(23-26(50)2)30-11-17-57-27(3)18-30)45-39-42(56)48(6)24-34(47-39)31-10-12-44-40(32(31)25-53)52-16-15-51-36(41(52)55)19-28-21-43(4,5)22-37(28)51/h7-10,12,19-20,24,26-27,30,53H,1,11,13-18,21-23,25H2,2-6H3,(H,45,47)(H,46,54)/t26-,27-,30-/m0/s1. The van der Waals surface area contributed by atoms with Crippen molar-refractivity contribution in [2.24, 2.45) is 12.5 Å². The maximum Gasteiger partial charge on any atom is 0.293 e. The highest BCUT2D eigenvalue weighted by molar-refractivity contribution is 6.06. The molecule has 0 saturated carbocycles. The highest BCUT2D eigenvalue weighted by atomic mass is 16.5. The van der Waals surface area contributed by atoms with Crippen molar-refractivity contribution in [1.29, 1.82) is 0 Å². The summed E-state index contributed by atoms with van der Waals surface area (Å²) >= 11 is 0. The lowest BCUT2D eigenvalue weighted by molar-refractivity contribution is -0.111. The van der Waals surface area contributed by atoms with Gasteiger partial charge in [-0.05, 0) is 86.9 Å². The smallest absolute Gasteiger partial charge is 0.293 e. The Morgan fingerprint density at radius 1 is 1.11 bits per heavy atom. The third kappa shape index (κ3) is 7.37. The van der Waals surface area contributed by atoms with Crippen LogP contribution in [0.3, 0.4) is 0 Å². The zero-order valence-electron chi connectivity index (χ0n) is 33.5. The fourth-order valence-corrected chi connectivity index (χ4v) is 9.31. The van der Waals surface area contributed by atoms with Crippen LogP contribution in [0.2, 0.25) is 0 Å². The molecule has 3 aromatic heterocycles. The van der Waals surface area contributed by atoms with Crippen LogP contribution in [0.25, 0.3) is 11.3 Å². The molecule has 3 N–H and O–H groups in total. The molecule has 2 amide bonds. The molecule has 4 aromatic rings. The van der Waals surface area contributed by atoms with Crippen molar-refractivity contribution >= 4 is 40.5 Å². The number of hydrogen-bond acceptors (Lipinski definition) is 10. The fourth-order valence-electron chi connectivity index (χ4n) is 9.31. The van der Waals surface area contributed by atoms with E-state index in [-0.39, 0.29) is 40.8 Å². The van der Waals surface area contributed by atoms with E-state index in [1.807, 2.05) is 24.3 Å². The van der Waals surface area contributed by atoms with E-state index >= 15 is 0 Å². The molecule has 2 fully saturated rings. The number of rotatable bonds is 9. The Hall–Kier alpha value is -5.31. The van der Waals surface area contributed by atoms with Crippen molar-refractivity contribution in [3.8, 4) is 11.3 Å². The number of nitrogens with zero attached hydrogens (tertiary/aromatic N) is 7. The number of aromatic nitrogens is 4. The van der Waals surface area contributed by atoms with Gasteiger partial charge in [-0.15, -0.1) is 0 Å². The number of pyridine rings is 1. The van der Waals surface area contributed by atoms with Crippen LogP contribution in [0.1, 0.15) is 67.8 Å². The number of aliphatic hydroxyl groups excluding tert-OH is 1. The highest BCUT2D eigenvalue weighted by Crippen LogP contribution is 2.40. The van der Waals surface area contributed by atoms with E-state index < -0.39 is 6.61 Å². The predicted octanol–water partition coefficient (Wildman–Crippen LogP) is 4.87. The minimum atomic E-state index is -0.393. The minimum absolute atomic E-state index is 0.0583. The number of fused-ring (bicyclic) bond motifs is 3. The van der Waals surface area contributed by atoms with E-state index in [1.165, 1.54) is 21.9 Å². The first-order valence-corrected chi connectivity index (χ1v) is 20.0. The number of piperazine rings is 1. The van der Waals surface area contributed by atoms with Gasteiger partial charge in [-0.2, -0.15) is 0 Å². The first-order chi connectivity index (χ1) is 27.3. The third-order valence-corrected chi connectivity index (χ3v) is 12.1. The quantitative estimate of drug-likeness (QED) is 0.201. The molecule has 0 radical (unpaired) electrons. The Labute approximate surface area is 333 Å². The van der Waals surface area contributed by atoms with E-state index in [9.17, 15) is 19.5 Å². The monoisotopic (exact) mass is 775 g/mol. The molecule has 6 heterocycles. The number of anilines is 5. The average Bonchev–Trinajstić information content (AvgIpc) is 3.68. The Kier molecular flexibility index (Phi) is 10.3. The summed E-state index contributed by atoms with van der Waals surface area (Å²) in [4.78, 5) is 56.1. The van der Waals surface area contributed by atoms with Crippen LogP contribution < -0.4 is 26.0 Å². The second kappa shape index (κ2) is 15.2. The molecule has 3 aliphatic heterocycles. The normalized spacial score (nSPS) is 21.9.